The van der Waals surface area contributed by atoms with Gasteiger partial charge in [0.2, 0.25) is 5.91 Å². The molecule has 15 heavy (non-hydrogen) atoms. The van der Waals surface area contributed by atoms with E-state index in [1.165, 1.54) is 0 Å². The molecule has 1 rings (SSSR count). The number of rotatable bonds is 4. The Morgan fingerprint density at radius 2 is 2.27 bits per heavy atom. The van der Waals surface area contributed by atoms with Gasteiger partial charge in [0.15, 0.2) is 5.92 Å². The third-order valence-corrected chi connectivity index (χ3v) is 2.05. The Hall–Kier alpha value is -1.59. The van der Waals surface area contributed by atoms with Crippen LogP contribution in [0.15, 0.2) is 0 Å². The lowest BCUT2D eigenvalue weighted by Gasteiger charge is -2.20. The summed E-state index contributed by atoms with van der Waals surface area (Å²) in [6.07, 6.45) is 1.69. The largest absolute Gasteiger partial charge is 0.465 e. The summed E-state index contributed by atoms with van der Waals surface area (Å²) < 4.78 is 4.88. The van der Waals surface area contributed by atoms with Crippen LogP contribution in [0.1, 0.15) is 19.8 Å². The zero-order valence-corrected chi connectivity index (χ0v) is 8.54. The molecule has 0 aliphatic carbocycles. The third-order valence-electron chi connectivity index (χ3n) is 2.05. The molecule has 2 N–H and O–H groups in total. The fourth-order valence-electron chi connectivity index (χ4n) is 1.14. The molecule has 6 nitrogen and oxygen atoms in total. The predicted octanol–water partition coefficient (Wildman–Crippen LogP) is -0.215. The normalized spacial score (nSPS) is 20.5. The second-order valence-corrected chi connectivity index (χ2v) is 3.27. The number of imide groups is 1. The van der Waals surface area contributed by atoms with Crippen molar-refractivity contribution >= 4 is 17.9 Å². The molecule has 0 spiro atoms. The van der Waals surface area contributed by atoms with E-state index in [2.05, 4.69) is 5.32 Å². The summed E-state index contributed by atoms with van der Waals surface area (Å²) in [6.45, 7) is 2.30. The van der Waals surface area contributed by atoms with Gasteiger partial charge in [-0.3, -0.25) is 14.9 Å². The van der Waals surface area contributed by atoms with E-state index in [1.807, 2.05) is 12.2 Å². The Balaban J connectivity index is 2.39. The zero-order chi connectivity index (χ0) is 11.3. The highest BCUT2D eigenvalue weighted by Gasteiger charge is 2.33. The van der Waals surface area contributed by atoms with Crippen LogP contribution in [0.5, 0.6) is 0 Å². The molecule has 1 unspecified atom stereocenters. The Kier molecular flexibility index (Phi) is 4.08. The molecule has 1 saturated heterocycles. The number of unbranched alkanes of at least 4 members (excludes halogenated alkanes) is 1. The number of ether oxygens (including phenoxy) is 1. The maximum absolute atomic E-state index is 11.4. The zero-order valence-electron chi connectivity index (χ0n) is 8.54. The van der Waals surface area contributed by atoms with Crippen LogP contribution >= 0.6 is 0 Å². The summed E-state index contributed by atoms with van der Waals surface area (Å²) in [5.41, 5.74) is 0. The van der Waals surface area contributed by atoms with Gasteiger partial charge in [0, 0.05) is 6.54 Å². The standard InChI is InChI=1S/C9H14N2O4/c1-2-3-4-15-8(13)6-5-10-9(14)11-7(6)12/h6H,2-5H2,1H3,(H2,10,11,12,14). The van der Waals surface area contributed by atoms with Crippen molar-refractivity contribution in [1.82, 2.24) is 10.6 Å². The first-order valence-corrected chi connectivity index (χ1v) is 4.90. The molecule has 6 heteroatoms. The Bertz CT molecular complexity index is 277. The molecule has 1 heterocycles. The molecular formula is C9H14N2O4. The maximum Gasteiger partial charge on any atom is 0.321 e. The second-order valence-electron chi connectivity index (χ2n) is 3.27. The summed E-state index contributed by atoms with van der Waals surface area (Å²) in [6, 6.07) is -0.572. The van der Waals surface area contributed by atoms with Crippen molar-refractivity contribution in [3.63, 3.8) is 0 Å². The molecule has 0 bridgehead atoms. The number of nitrogens with one attached hydrogen (secondary N) is 2. The lowest BCUT2D eigenvalue weighted by atomic mass is 10.1. The fraction of sp³-hybridized carbons (Fsp3) is 0.667. The number of carbonyl (C=O) groups is 3. The van der Waals surface area contributed by atoms with Crippen LogP contribution in [0.25, 0.3) is 0 Å². The highest BCUT2D eigenvalue weighted by atomic mass is 16.5. The molecule has 84 valence electrons. The lowest BCUT2D eigenvalue weighted by molar-refractivity contribution is -0.152. The van der Waals surface area contributed by atoms with E-state index in [0.29, 0.717) is 6.61 Å². The first-order chi connectivity index (χ1) is 7.15. The monoisotopic (exact) mass is 214 g/mol. The number of hydrogen-bond donors (Lipinski definition) is 2. The van der Waals surface area contributed by atoms with Crippen LogP contribution in [0.4, 0.5) is 4.79 Å². The van der Waals surface area contributed by atoms with Crippen LogP contribution in [-0.2, 0) is 14.3 Å². The number of esters is 1. The summed E-state index contributed by atoms with van der Waals surface area (Å²) in [5, 5.41) is 4.37. The molecular weight excluding hydrogens is 200 g/mol. The van der Waals surface area contributed by atoms with Crippen LogP contribution in [0.3, 0.4) is 0 Å². The van der Waals surface area contributed by atoms with Crippen LogP contribution in [0, 0.1) is 5.92 Å². The summed E-state index contributed by atoms with van der Waals surface area (Å²) in [4.78, 5) is 33.3. The van der Waals surface area contributed by atoms with Gasteiger partial charge in [0.05, 0.1) is 6.61 Å². The van der Waals surface area contributed by atoms with Gasteiger partial charge in [0.25, 0.3) is 0 Å². The Morgan fingerprint density at radius 1 is 1.53 bits per heavy atom. The van der Waals surface area contributed by atoms with Crippen LogP contribution < -0.4 is 10.6 Å². The summed E-state index contributed by atoms with van der Waals surface area (Å²) in [7, 11) is 0. The lowest BCUT2D eigenvalue weighted by Crippen LogP contribution is -2.54. The number of amides is 3. The molecule has 0 aromatic carbocycles. The number of urea groups is 1. The van der Waals surface area contributed by atoms with E-state index in [9.17, 15) is 14.4 Å². The first-order valence-electron chi connectivity index (χ1n) is 4.90. The van der Waals surface area contributed by atoms with E-state index in [4.69, 9.17) is 4.74 Å². The average Bonchev–Trinajstić information content (AvgIpc) is 2.17. The van der Waals surface area contributed by atoms with Gasteiger partial charge < -0.3 is 10.1 Å². The minimum Gasteiger partial charge on any atom is -0.465 e. The Labute approximate surface area is 87.4 Å². The minimum atomic E-state index is -0.917. The molecule has 1 aliphatic heterocycles. The smallest absolute Gasteiger partial charge is 0.321 e. The molecule has 1 atom stereocenters. The molecule has 0 aromatic heterocycles. The van der Waals surface area contributed by atoms with Crippen molar-refractivity contribution in [3.05, 3.63) is 0 Å². The van der Waals surface area contributed by atoms with Crippen molar-refractivity contribution in [3.8, 4) is 0 Å². The van der Waals surface area contributed by atoms with Gasteiger partial charge in [-0.15, -0.1) is 0 Å². The van der Waals surface area contributed by atoms with Gasteiger partial charge in [-0.05, 0) is 6.42 Å². The van der Waals surface area contributed by atoms with Crippen molar-refractivity contribution in [2.75, 3.05) is 13.2 Å². The minimum absolute atomic E-state index is 0.00955. The quantitative estimate of drug-likeness (QED) is 0.385. The highest BCUT2D eigenvalue weighted by Crippen LogP contribution is 2.03. The maximum atomic E-state index is 11.4. The van der Waals surface area contributed by atoms with Crippen molar-refractivity contribution in [2.24, 2.45) is 5.92 Å². The molecule has 0 saturated carbocycles. The predicted molar refractivity (Wildman–Crippen MR) is 50.9 cm³/mol. The molecule has 0 radical (unpaired) electrons. The summed E-state index contributed by atoms with van der Waals surface area (Å²) >= 11 is 0. The molecule has 1 fully saturated rings. The van der Waals surface area contributed by atoms with Gasteiger partial charge in [-0.1, -0.05) is 13.3 Å². The SMILES string of the molecule is CCCCOC(=O)C1CNC(=O)NC1=O. The molecule has 0 aromatic rings. The van der Waals surface area contributed by atoms with Crippen molar-refractivity contribution < 1.29 is 19.1 Å². The van der Waals surface area contributed by atoms with Crippen molar-refractivity contribution in [2.45, 2.75) is 19.8 Å². The van der Waals surface area contributed by atoms with E-state index in [0.717, 1.165) is 12.8 Å². The van der Waals surface area contributed by atoms with Gasteiger partial charge >= 0.3 is 12.0 Å². The molecule has 3 amide bonds. The number of carbonyl (C=O) groups excluding carboxylic acids is 3. The topological polar surface area (TPSA) is 84.5 Å². The van der Waals surface area contributed by atoms with Crippen LogP contribution in [0.2, 0.25) is 0 Å². The highest BCUT2D eigenvalue weighted by molar-refractivity contribution is 6.07. The Morgan fingerprint density at radius 3 is 2.87 bits per heavy atom. The van der Waals surface area contributed by atoms with Gasteiger partial charge in [-0.2, -0.15) is 0 Å². The van der Waals surface area contributed by atoms with Crippen LogP contribution in [-0.4, -0.2) is 31.1 Å². The first kappa shape index (κ1) is 11.5. The van der Waals surface area contributed by atoms with E-state index >= 15 is 0 Å². The third kappa shape index (κ3) is 3.23. The number of hydrogen-bond acceptors (Lipinski definition) is 4. The van der Waals surface area contributed by atoms with Gasteiger partial charge in [0.1, 0.15) is 0 Å². The van der Waals surface area contributed by atoms with E-state index in [1.54, 1.807) is 0 Å². The summed E-state index contributed by atoms with van der Waals surface area (Å²) in [5.74, 6) is -2.10. The van der Waals surface area contributed by atoms with Gasteiger partial charge in [-0.25, -0.2) is 4.79 Å². The van der Waals surface area contributed by atoms with E-state index in [-0.39, 0.29) is 6.54 Å². The second kappa shape index (κ2) is 5.33. The van der Waals surface area contributed by atoms with Crippen molar-refractivity contribution in [1.29, 1.82) is 0 Å². The average molecular weight is 214 g/mol. The van der Waals surface area contributed by atoms with E-state index < -0.39 is 23.8 Å². The fourth-order valence-corrected chi connectivity index (χ4v) is 1.14. The molecule has 1 aliphatic rings.